The Morgan fingerprint density at radius 1 is 1.53 bits per heavy atom. The van der Waals surface area contributed by atoms with Gasteiger partial charge in [-0.2, -0.15) is 0 Å². The number of hydrogen-bond donors (Lipinski definition) is 2. The first-order valence-corrected chi connectivity index (χ1v) is 5.65. The highest BCUT2D eigenvalue weighted by molar-refractivity contribution is 9.10. The van der Waals surface area contributed by atoms with E-state index >= 15 is 0 Å². The topological polar surface area (TPSA) is 63.3 Å². The molecule has 0 aromatic heterocycles. The molecule has 0 radical (unpaired) electrons. The molecule has 0 heterocycles. The lowest BCUT2D eigenvalue weighted by atomic mass is 9.80. The molecular formula is C11H12BrNO2. The van der Waals surface area contributed by atoms with Crippen LogP contribution in [0.4, 0.5) is 0 Å². The molecule has 0 fully saturated rings. The quantitative estimate of drug-likeness (QED) is 0.819. The van der Waals surface area contributed by atoms with Crippen LogP contribution < -0.4 is 5.73 Å². The highest BCUT2D eigenvalue weighted by atomic mass is 79.9. The summed E-state index contributed by atoms with van der Waals surface area (Å²) < 4.78 is 0.904. The maximum atomic E-state index is 11.1. The standard InChI is InChI=1S/C11H12BrNO2/c12-7-3-1-6-2-4-9(13)10(11(14)15)8(6)5-7/h1,3,5,9-10H,2,4,13H2,(H,14,15). The monoisotopic (exact) mass is 269 g/mol. The number of carbonyl (C=O) groups is 1. The van der Waals surface area contributed by atoms with Gasteiger partial charge in [0.05, 0.1) is 5.92 Å². The molecule has 15 heavy (non-hydrogen) atoms. The number of aryl methyl sites for hydroxylation is 1. The highest BCUT2D eigenvalue weighted by Crippen LogP contribution is 2.32. The Bertz CT molecular complexity index is 406. The molecule has 2 unspecified atom stereocenters. The SMILES string of the molecule is NC1CCc2ccc(Br)cc2C1C(=O)O. The molecular weight excluding hydrogens is 258 g/mol. The van der Waals surface area contributed by atoms with Gasteiger partial charge in [-0.1, -0.05) is 22.0 Å². The molecule has 2 rings (SSSR count). The zero-order valence-corrected chi connectivity index (χ0v) is 9.70. The number of hydrogen-bond acceptors (Lipinski definition) is 2. The van der Waals surface area contributed by atoms with Gasteiger partial charge in [0.15, 0.2) is 0 Å². The maximum Gasteiger partial charge on any atom is 0.312 e. The summed E-state index contributed by atoms with van der Waals surface area (Å²) in [5, 5.41) is 9.15. The van der Waals surface area contributed by atoms with Gasteiger partial charge in [-0.15, -0.1) is 0 Å². The summed E-state index contributed by atoms with van der Waals surface area (Å²) in [6.07, 6.45) is 1.61. The van der Waals surface area contributed by atoms with E-state index in [1.165, 1.54) is 0 Å². The van der Waals surface area contributed by atoms with Crippen LogP contribution in [0.15, 0.2) is 22.7 Å². The van der Waals surface area contributed by atoms with Crippen molar-refractivity contribution >= 4 is 21.9 Å². The summed E-state index contributed by atoms with van der Waals surface area (Å²) in [5.41, 5.74) is 7.81. The zero-order valence-electron chi connectivity index (χ0n) is 8.11. The van der Waals surface area contributed by atoms with Crippen LogP contribution in [0.5, 0.6) is 0 Å². The number of nitrogens with two attached hydrogens (primary N) is 1. The minimum Gasteiger partial charge on any atom is -0.481 e. The molecule has 1 aromatic rings. The van der Waals surface area contributed by atoms with Crippen molar-refractivity contribution < 1.29 is 9.90 Å². The van der Waals surface area contributed by atoms with Crippen molar-refractivity contribution in [2.24, 2.45) is 5.73 Å². The zero-order chi connectivity index (χ0) is 11.0. The molecule has 80 valence electrons. The van der Waals surface area contributed by atoms with Gasteiger partial charge < -0.3 is 10.8 Å². The van der Waals surface area contributed by atoms with E-state index in [4.69, 9.17) is 10.8 Å². The van der Waals surface area contributed by atoms with Crippen molar-refractivity contribution in [1.29, 1.82) is 0 Å². The van der Waals surface area contributed by atoms with Crippen molar-refractivity contribution in [3.05, 3.63) is 33.8 Å². The smallest absolute Gasteiger partial charge is 0.312 e. The second-order valence-corrected chi connectivity index (χ2v) is 4.78. The van der Waals surface area contributed by atoms with Gasteiger partial charge >= 0.3 is 5.97 Å². The van der Waals surface area contributed by atoms with Gasteiger partial charge in [0, 0.05) is 10.5 Å². The lowest BCUT2D eigenvalue weighted by Crippen LogP contribution is -2.37. The van der Waals surface area contributed by atoms with Crippen LogP contribution in [0.3, 0.4) is 0 Å². The minimum absolute atomic E-state index is 0.274. The molecule has 1 aliphatic carbocycles. The summed E-state index contributed by atoms with van der Waals surface area (Å²) in [6, 6.07) is 5.51. The summed E-state index contributed by atoms with van der Waals surface area (Å²) in [7, 11) is 0. The van der Waals surface area contributed by atoms with Crippen LogP contribution >= 0.6 is 15.9 Å². The Morgan fingerprint density at radius 3 is 2.93 bits per heavy atom. The first-order valence-electron chi connectivity index (χ1n) is 4.86. The first-order chi connectivity index (χ1) is 7.09. The van der Waals surface area contributed by atoms with Crippen LogP contribution in [0.1, 0.15) is 23.5 Å². The van der Waals surface area contributed by atoms with E-state index in [1.807, 2.05) is 18.2 Å². The summed E-state index contributed by atoms with van der Waals surface area (Å²) >= 11 is 3.35. The number of aliphatic carboxylic acids is 1. The number of carboxylic acid groups (broad SMARTS) is 1. The second kappa shape index (κ2) is 3.94. The molecule has 4 heteroatoms. The van der Waals surface area contributed by atoms with E-state index in [0.717, 1.165) is 28.4 Å². The average molecular weight is 270 g/mol. The van der Waals surface area contributed by atoms with Crippen molar-refractivity contribution in [2.45, 2.75) is 24.8 Å². The molecule has 0 bridgehead atoms. The van der Waals surface area contributed by atoms with Crippen molar-refractivity contribution in [2.75, 3.05) is 0 Å². The van der Waals surface area contributed by atoms with Crippen LogP contribution in [-0.4, -0.2) is 17.1 Å². The van der Waals surface area contributed by atoms with E-state index in [2.05, 4.69) is 15.9 Å². The van der Waals surface area contributed by atoms with E-state index in [-0.39, 0.29) is 6.04 Å². The van der Waals surface area contributed by atoms with Crippen LogP contribution in [-0.2, 0) is 11.2 Å². The molecule has 0 spiro atoms. The number of halogens is 1. The molecule has 0 saturated heterocycles. The summed E-state index contributed by atoms with van der Waals surface area (Å²) in [5.74, 6) is -1.40. The highest BCUT2D eigenvalue weighted by Gasteiger charge is 2.32. The molecule has 1 aromatic carbocycles. The Balaban J connectivity index is 2.50. The van der Waals surface area contributed by atoms with Gasteiger partial charge in [-0.05, 0) is 36.1 Å². The first kappa shape index (κ1) is 10.6. The predicted octanol–water partition coefficient (Wildman–Crippen LogP) is 1.89. The number of rotatable bonds is 1. The Kier molecular flexibility index (Phi) is 2.80. The largest absolute Gasteiger partial charge is 0.481 e. The lowest BCUT2D eigenvalue weighted by molar-refractivity contribution is -0.139. The van der Waals surface area contributed by atoms with E-state index < -0.39 is 11.9 Å². The molecule has 1 aliphatic rings. The molecule has 0 saturated carbocycles. The van der Waals surface area contributed by atoms with Gasteiger partial charge in [0.2, 0.25) is 0 Å². The molecule has 2 atom stereocenters. The van der Waals surface area contributed by atoms with Gasteiger partial charge in [-0.25, -0.2) is 0 Å². The third-order valence-corrected chi connectivity index (χ3v) is 3.38. The minimum atomic E-state index is -0.832. The summed E-state index contributed by atoms with van der Waals surface area (Å²) in [4.78, 5) is 11.1. The number of carboxylic acids is 1. The third-order valence-electron chi connectivity index (χ3n) is 2.88. The van der Waals surface area contributed by atoms with Crippen molar-refractivity contribution in [1.82, 2.24) is 0 Å². The van der Waals surface area contributed by atoms with Gasteiger partial charge in [-0.3, -0.25) is 4.79 Å². The van der Waals surface area contributed by atoms with Gasteiger partial charge in [0.1, 0.15) is 0 Å². The fourth-order valence-electron chi connectivity index (χ4n) is 2.12. The van der Waals surface area contributed by atoms with Crippen molar-refractivity contribution in [3.8, 4) is 0 Å². The van der Waals surface area contributed by atoms with Crippen molar-refractivity contribution in [3.63, 3.8) is 0 Å². The van der Waals surface area contributed by atoms with Crippen LogP contribution in [0.25, 0.3) is 0 Å². The second-order valence-electron chi connectivity index (χ2n) is 3.86. The number of fused-ring (bicyclic) bond motifs is 1. The van der Waals surface area contributed by atoms with Crippen LogP contribution in [0.2, 0.25) is 0 Å². The van der Waals surface area contributed by atoms with E-state index in [1.54, 1.807) is 0 Å². The number of benzene rings is 1. The lowest BCUT2D eigenvalue weighted by Gasteiger charge is -2.28. The summed E-state index contributed by atoms with van der Waals surface area (Å²) in [6.45, 7) is 0. The van der Waals surface area contributed by atoms with E-state index in [9.17, 15) is 4.79 Å². The fraction of sp³-hybridized carbons (Fsp3) is 0.364. The fourth-order valence-corrected chi connectivity index (χ4v) is 2.50. The Labute approximate surface area is 96.4 Å². The van der Waals surface area contributed by atoms with Gasteiger partial charge in [0.25, 0.3) is 0 Å². The third kappa shape index (κ3) is 1.92. The molecule has 0 aliphatic heterocycles. The Hall–Kier alpha value is -0.870. The Morgan fingerprint density at radius 2 is 2.27 bits per heavy atom. The maximum absolute atomic E-state index is 11.1. The van der Waals surface area contributed by atoms with Crippen LogP contribution in [0, 0.1) is 0 Å². The average Bonchev–Trinajstić information content (AvgIpc) is 2.16. The molecule has 3 N–H and O–H groups in total. The normalized spacial score (nSPS) is 24.7. The van der Waals surface area contributed by atoms with E-state index in [0.29, 0.717) is 0 Å². The predicted molar refractivity (Wildman–Crippen MR) is 60.8 cm³/mol. The molecule has 0 amide bonds. The molecule has 3 nitrogen and oxygen atoms in total.